The quantitative estimate of drug-likeness (QED) is 0.813. The van der Waals surface area contributed by atoms with Gasteiger partial charge in [-0.2, -0.15) is 0 Å². The molecule has 2 aliphatic rings. The van der Waals surface area contributed by atoms with Crippen LogP contribution in [-0.4, -0.2) is 11.1 Å². The highest BCUT2D eigenvalue weighted by atomic mass is 16.4. The highest BCUT2D eigenvalue weighted by Gasteiger charge is 2.55. The van der Waals surface area contributed by atoms with Gasteiger partial charge in [-0.25, -0.2) is 0 Å². The molecule has 0 heterocycles. The Morgan fingerprint density at radius 3 is 2.57 bits per heavy atom. The lowest BCUT2D eigenvalue weighted by Crippen LogP contribution is -2.52. The average Bonchev–Trinajstić information content (AvgIpc) is 2.46. The molecule has 1 N–H and O–H groups in total. The molecule has 0 saturated heterocycles. The molecule has 0 aromatic heterocycles. The Balaban J connectivity index is 2.13. The zero-order valence-corrected chi connectivity index (χ0v) is 15.2. The summed E-state index contributed by atoms with van der Waals surface area (Å²) < 4.78 is 0. The minimum atomic E-state index is -0.604. The molecule has 3 unspecified atom stereocenters. The van der Waals surface area contributed by atoms with Crippen molar-refractivity contribution in [2.24, 2.45) is 11.3 Å². The molecule has 126 valence electrons. The molecule has 1 fully saturated rings. The Labute approximate surface area is 140 Å². The van der Waals surface area contributed by atoms with Crippen LogP contribution in [0.3, 0.4) is 0 Å². The van der Waals surface area contributed by atoms with Gasteiger partial charge in [-0.3, -0.25) is 4.79 Å². The number of hydrogen-bond donors (Lipinski definition) is 1. The summed E-state index contributed by atoms with van der Waals surface area (Å²) in [6.45, 7) is 11.0. The predicted octanol–water partition coefficient (Wildman–Crippen LogP) is 5.21. The molecule has 1 aromatic rings. The third-order valence-corrected chi connectivity index (χ3v) is 6.85. The second-order valence-electron chi connectivity index (χ2n) is 8.61. The van der Waals surface area contributed by atoms with Crippen molar-refractivity contribution in [1.29, 1.82) is 0 Å². The molecule has 3 atom stereocenters. The molecule has 0 bridgehead atoms. The van der Waals surface area contributed by atoms with Crippen molar-refractivity contribution in [3.63, 3.8) is 0 Å². The van der Waals surface area contributed by atoms with Gasteiger partial charge in [0.05, 0.1) is 5.41 Å². The number of carbonyl (C=O) groups is 1. The molecular formula is C21H30O2. The maximum Gasteiger partial charge on any atom is 0.309 e. The van der Waals surface area contributed by atoms with E-state index in [0.29, 0.717) is 5.92 Å². The molecule has 1 aromatic carbocycles. The monoisotopic (exact) mass is 314 g/mol. The Kier molecular flexibility index (Phi) is 3.85. The number of aryl methyl sites for hydroxylation is 2. The van der Waals surface area contributed by atoms with E-state index in [1.807, 2.05) is 6.92 Å². The summed E-state index contributed by atoms with van der Waals surface area (Å²) in [6, 6.07) is 4.79. The van der Waals surface area contributed by atoms with Crippen LogP contribution in [0.5, 0.6) is 0 Å². The van der Waals surface area contributed by atoms with Gasteiger partial charge in [-0.1, -0.05) is 39.3 Å². The second kappa shape index (κ2) is 5.36. The maximum absolute atomic E-state index is 12.0. The summed E-state index contributed by atoms with van der Waals surface area (Å²) in [5.74, 6) is 0.187. The first-order valence-electron chi connectivity index (χ1n) is 9.07. The summed E-state index contributed by atoms with van der Waals surface area (Å²) >= 11 is 0. The minimum absolute atomic E-state index is 0.0131. The number of aliphatic carboxylic acids is 1. The molecule has 1 saturated carbocycles. The van der Waals surface area contributed by atoms with Crippen molar-refractivity contribution in [2.45, 2.75) is 78.1 Å². The molecule has 0 aliphatic heterocycles. The maximum atomic E-state index is 12.0. The van der Waals surface area contributed by atoms with Crippen LogP contribution >= 0.6 is 0 Å². The molecule has 0 spiro atoms. The number of carboxylic acids is 1. The first-order valence-corrected chi connectivity index (χ1v) is 9.07. The Morgan fingerprint density at radius 1 is 1.26 bits per heavy atom. The van der Waals surface area contributed by atoms with Crippen LogP contribution in [0.4, 0.5) is 0 Å². The zero-order valence-electron chi connectivity index (χ0n) is 15.2. The summed E-state index contributed by atoms with van der Waals surface area (Å²) in [4.78, 5) is 12.0. The molecule has 3 rings (SSSR count). The number of rotatable bonds is 2. The molecule has 2 heteroatoms. The standard InChI is InChI=1S/C21H30O2/c1-13(2)16-12-15-7-8-18-20(4,17(15)11-14(16)3)9-6-10-21(18,5)19(22)23/h11-13,18H,6-10H2,1-5H3,(H,22,23). The Bertz CT molecular complexity index is 645. The molecule has 2 aliphatic carbocycles. The van der Waals surface area contributed by atoms with Crippen LogP contribution in [-0.2, 0) is 16.6 Å². The van der Waals surface area contributed by atoms with E-state index in [9.17, 15) is 9.90 Å². The highest BCUT2D eigenvalue weighted by molar-refractivity contribution is 5.75. The van der Waals surface area contributed by atoms with Crippen molar-refractivity contribution in [3.05, 3.63) is 34.4 Å². The van der Waals surface area contributed by atoms with E-state index < -0.39 is 11.4 Å². The number of benzene rings is 1. The van der Waals surface area contributed by atoms with E-state index in [1.165, 1.54) is 22.3 Å². The van der Waals surface area contributed by atoms with Gasteiger partial charge in [0.15, 0.2) is 0 Å². The fraction of sp³-hybridized carbons (Fsp3) is 0.667. The highest BCUT2D eigenvalue weighted by Crippen LogP contribution is 2.57. The largest absolute Gasteiger partial charge is 0.481 e. The third kappa shape index (κ3) is 2.33. The normalized spacial score (nSPS) is 33.2. The van der Waals surface area contributed by atoms with Crippen LogP contribution in [0.25, 0.3) is 0 Å². The van der Waals surface area contributed by atoms with E-state index in [0.717, 1.165) is 32.1 Å². The van der Waals surface area contributed by atoms with E-state index in [4.69, 9.17) is 0 Å². The minimum Gasteiger partial charge on any atom is -0.481 e. The van der Waals surface area contributed by atoms with Gasteiger partial charge in [-0.05, 0) is 79.0 Å². The fourth-order valence-electron chi connectivity index (χ4n) is 5.52. The predicted molar refractivity (Wildman–Crippen MR) is 94.0 cm³/mol. The van der Waals surface area contributed by atoms with Gasteiger partial charge < -0.3 is 5.11 Å². The van der Waals surface area contributed by atoms with Crippen LogP contribution in [0.2, 0.25) is 0 Å². The van der Waals surface area contributed by atoms with Crippen molar-refractivity contribution < 1.29 is 9.90 Å². The van der Waals surface area contributed by atoms with Gasteiger partial charge in [0.2, 0.25) is 0 Å². The summed E-state index contributed by atoms with van der Waals surface area (Å²) in [7, 11) is 0. The lowest BCUT2D eigenvalue weighted by atomic mass is 9.49. The van der Waals surface area contributed by atoms with Gasteiger partial charge in [0.1, 0.15) is 0 Å². The molecule has 2 nitrogen and oxygen atoms in total. The summed E-state index contributed by atoms with van der Waals surface area (Å²) in [6.07, 6.45) is 4.99. The van der Waals surface area contributed by atoms with Crippen LogP contribution in [0, 0.1) is 18.3 Å². The second-order valence-corrected chi connectivity index (χ2v) is 8.61. The average molecular weight is 314 g/mol. The number of fused-ring (bicyclic) bond motifs is 3. The van der Waals surface area contributed by atoms with E-state index in [2.05, 4.69) is 39.8 Å². The van der Waals surface area contributed by atoms with Gasteiger partial charge in [0, 0.05) is 0 Å². The van der Waals surface area contributed by atoms with E-state index in [1.54, 1.807) is 0 Å². The summed E-state index contributed by atoms with van der Waals surface area (Å²) in [5.41, 5.74) is 5.15. The molecular weight excluding hydrogens is 284 g/mol. The number of hydrogen-bond acceptors (Lipinski definition) is 1. The Hall–Kier alpha value is -1.31. The van der Waals surface area contributed by atoms with E-state index >= 15 is 0 Å². The first kappa shape index (κ1) is 16.5. The van der Waals surface area contributed by atoms with Crippen LogP contribution < -0.4 is 0 Å². The van der Waals surface area contributed by atoms with Crippen molar-refractivity contribution in [3.8, 4) is 0 Å². The smallest absolute Gasteiger partial charge is 0.309 e. The molecule has 0 amide bonds. The van der Waals surface area contributed by atoms with Crippen molar-refractivity contribution >= 4 is 5.97 Å². The number of carboxylic acid groups (broad SMARTS) is 1. The first-order chi connectivity index (χ1) is 10.7. The third-order valence-electron chi connectivity index (χ3n) is 6.85. The lowest BCUT2D eigenvalue weighted by molar-refractivity contribution is -0.157. The van der Waals surface area contributed by atoms with Gasteiger partial charge in [-0.15, -0.1) is 0 Å². The van der Waals surface area contributed by atoms with Crippen molar-refractivity contribution in [1.82, 2.24) is 0 Å². The van der Waals surface area contributed by atoms with Gasteiger partial charge in [0.25, 0.3) is 0 Å². The van der Waals surface area contributed by atoms with Crippen LogP contribution in [0.1, 0.15) is 81.5 Å². The summed E-state index contributed by atoms with van der Waals surface area (Å²) in [5, 5.41) is 9.87. The Morgan fingerprint density at radius 2 is 1.96 bits per heavy atom. The zero-order chi connectivity index (χ0) is 17.0. The van der Waals surface area contributed by atoms with Gasteiger partial charge >= 0.3 is 5.97 Å². The lowest BCUT2D eigenvalue weighted by Gasteiger charge is -2.53. The van der Waals surface area contributed by atoms with E-state index in [-0.39, 0.29) is 11.3 Å². The molecule has 0 radical (unpaired) electrons. The fourth-order valence-corrected chi connectivity index (χ4v) is 5.52. The van der Waals surface area contributed by atoms with Crippen LogP contribution in [0.15, 0.2) is 12.1 Å². The SMILES string of the molecule is Cc1cc2c(cc1C(C)C)CCC1C(C)(C(=O)O)CCCC21C. The topological polar surface area (TPSA) is 37.3 Å². The van der Waals surface area contributed by atoms with Crippen molar-refractivity contribution in [2.75, 3.05) is 0 Å². The molecule has 23 heavy (non-hydrogen) atoms.